The zero-order valence-corrected chi connectivity index (χ0v) is 9.66. The highest BCUT2D eigenvalue weighted by atomic mass is 19.1. The molecule has 1 atom stereocenters. The average Bonchev–Trinajstić information content (AvgIpc) is 2.31. The molecular formula is C11H11F2NO4. The fraction of sp³-hybridized carbons (Fsp3) is 0.273. The standard InChI is InChI=1S/C11H11F2NO4/c1-5(10(15)16)14-9-3-6(11(17)18-2)7(12)4-8(9)13/h3-5,14H,1-2H3,(H,15,16). The van der Waals surface area contributed by atoms with Gasteiger partial charge in [-0.3, -0.25) is 4.79 Å². The number of ether oxygens (including phenoxy) is 1. The summed E-state index contributed by atoms with van der Waals surface area (Å²) in [6.07, 6.45) is 0. The lowest BCUT2D eigenvalue weighted by molar-refractivity contribution is -0.137. The summed E-state index contributed by atoms with van der Waals surface area (Å²) in [5, 5.41) is 11.0. The second-order valence-electron chi connectivity index (χ2n) is 3.51. The first-order chi connectivity index (χ1) is 8.36. The second-order valence-corrected chi connectivity index (χ2v) is 3.51. The van der Waals surface area contributed by atoms with Gasteiger partial charge in [0.15, 0.2) is 0 Å². The number of carboxylic acid groups (broad SMARTS) is 1. The molecule has 1 aromatic rings. The summed E-state index contributed by atoms with van der Waals surface area (Å²) >= 11 is 0. The molecule has 5 nitrogen and oxygen atoms in total. The maximum Gasteiger partial charge on any atom is 0.340 e. The molecule has 0 bridgehead atoms. The molecule has 1 rings (SSSR count). The number of carbonyl (C=O) groups is 2. The van der Waals surface area contributed by atoms with Crippen molar-refractivity contribution in [2.75, 3.05) is 12.4 Å². The number of hydrogen-bond acceptors (Lipinski definition) is 4. The summed E-state index contributed by atoms with van der Waals surface area (Å²) in [4.78, 5) is 21.8. The lowest BCUT2D eigenvalue weighted by atomic mass is 10.1. The normalized spacial score (nSPS) is 11.8. The number of carboxylic acids is 1. The summed E-state index contributed by atoms with van der Waals surface area (Å²) < 4.78 is 31.0. The number of esters is 1. The van der Waals surface area contributed by atoms with E-state index in [0.717, 1.165) is 13.2 Å². The van der Waals surface area contributed by atoms with E-state index in [9.17, 15) is 18.4 Å². The van der Waals surface area contributed by atoms with Crippen molar-refractivity contribution in [3.8, 4) is 0 Å². The van der Waals surface area contributed by atoms with Crippen molar-refractivity contribution in [2.24, 2.45) is 0 Å². The van der Waals surface area contributed by atoms with Gasteiger partial charge in [0.05, 0.1) is 18.4 Å². The number of carbonyl (C=O) groups excluding carboxylic acids is 1. The number of anilines is 1. The Kier molecular flexibility index (Phi) is 4.19. The van der Waals surface area contributed by atoms with E-state index in [-0.39, 0.29) is 5.69 Å². The first-order valence-electron chi connectivity index (χ1n) is 4.93. The van der Waals surface area contributed by atoms with Gasteiger partial charge in [-0.05, 0) is 13.0 Å². The Labute approximate surface area is 101 Å². The van der Waals surface area contributed by atoms with Gasteiger partial charge in [0, 0.05) is 6.07 Å². The van der Waals surface area contributed by atoms with Gasteiger partial charge in [-0.1, -0.05) is 0 Å². The number of rotatable bonds is 4. The van der Waals surface area contributed by atoms with E-state index in [2.05, 4.69) is 10.1 Å². The molecule has 0 aromatic heterocycles. The molecular weight excluding hydrogens is 248 g/mol. The fourth-order valence-corrected chi connectivity index (χ4v) is 1.22. The largest absolute Gasteiger partial charge is 0.480 e. The molecule has 0 fully saturated rings. The average molecular weight is 259 g/mol. The minimum absolute atomic E-state index is 0.285. The molecule has 0 heterocycles. The Bertz CT molecular complexity index is 490. The van der Waals surface area contributed by atoms with Gasteiger partial charge in [0.2, 0.25) is 0 Å². The van der Waals surface area contributed by atoms with E-state index in [1.165, 1.54) is 6.92 Å². The Balaban J connectivity index is 3.13. The third-order valence-corrected chi connectivity index (χ3v) is 2.20. The SMILES string of the molecule is COC(=O)c1cc(NC(C)C(=O)O)c(F)cc1F. The lowest BCUT2D eigenvalue weighted by Gasteiger charge is -2.13. The van der Waals surface area contributed by atoms with Crippen LogP contribution in [0.5, 0.6) is 0 Å². The number of methoxy groups -OCH3 is 1. The number of nitrogens with one attached hydrogen (secondary N) is 1. The van der Waals surface area contributed by atoms with Crippen LogP contribution in [0.3, 0.4) is 0 Å². The minimum Gasteiger partial charge on any atom is -0.480 e. The smallest absolute Gasteiger partial charge is 0.340 e. The van der Waals surface area contributed by atoms with Crippen molar-refractivity contribution in [3.05, 3.63) is 29.3 Å². The van der Waals surface area contributed by atoms with Gasteiger partial charge in [0.1, 0.15) is 17.7 Å². The molecule has 0 aliphatic carbocycles. The van der Waals surface area contributed by atoms with Crippen LogP contribution < -0.4 is 5.32 Å². The lowest BCUT2D eigenvalue weighted by Crippen LogP contribution is -2.26. The monoisotopic (exact) mass is 259 g/mol. The Morgan fingerprint density at radius 1 is 1.33 bits per heavy atom. The highest BCUT2D eigenvalue weighted by Crippen LogP contribution is 2.21. The van der Waals surface area contributed by atoms with Gasteiger partial charge >= 0.3 is 11.9 Å². The van der Waals surface area contributed by atoms with E-state index in [0.29, 0.717) is 6.07 Å². The predicted molar refractivity (Wildman–Crippen MR) is 58.4 cm³/mol. The first-order valence-corrected chi connectivity index (χ1v) is 4.93. The third-order valence-electron chi connectivity index (χ3n) is 2.20. The first kappa shape index (κ1) is 13.9. The van der Waals surface area contributed by atoms with Crippen LogP contribution in [0.15, 0.2) is 12.1 Å². The zero-order chi connectivity index (χ0) is 13.9. The van der Waals surface area contributed by atoms with Crippen LogP contribution in [0.25, 0.3) is 0 Å². The van der Waals surface area contributed by atoms with Crippen LogP contribution in [0.1, 0.15) is 17.3 Å². The fourth-order valence-electron chi connectivity index (χ4n) is 1.22. The van der Waals surface area contributed by atoms with E-state index in [1.807, 2.05) is 0 Å². The van der Waals surface area contributed by atoms with Crippen molar-refractivity contribution in [2.45, 2.75) is 13.0 Å². The molecule has 0 amide bonds. The number of benzene rings is 1. The van der Waals surface area contributed by atoms with Crippen LogP contribution in [0.4, 0.5) is 14.5 Å². The molecule has 7 heteroatoms. The van der Waals surface area contributed by atoms with E-state index in [4.69, 9.17) is 5.11 Å². The van der Waals surface area contributed by atoms with Crippen LogP contribution in [0.2, 0.25) is 0 Å². The van der Waals surface area contributed by atoms with Crippen molar-refractivity contribution in [3.63, 3.8) is 0 Å². The summed E-state index contributed by atoms with van der Waals surface area (Å²) in [7, 11) is 1.05. The Morgan fingerprint density at radius 2 is 1.94 bits per heavy atom. The molecule has 1 unspecified atom stereocenters. The molecule has 2 N–H and O–H groups in total. The summed E-state index contributed by atoms with van der Waals surface area (Å²) in [5.41, 5.74) is -0.759. The van der Waals surface area contributed by atoms with E-state index in [1.54, 1.807) is 0 Å². The summed E-state index contributed by atoms with van der Waals surface area (Å²) in [5.74, 6) is -4.25. The quantitative estimate of drug-likeness (QED) is 0.804. The van der Waals surface area contributed by atoms with Crippen LogP contribution in [-0.2, 0) is 9.53 Å². The maximum absolute atomic E-state index is 13.4. The van der Waals surface area contributed by atoms with Gasteiger partial charge < -0.3 is 15.2 Å². The third kappa shape index (κ3) is 2.93. The zero-order valence-electron chi connectivity index (χ0n) is 9.66. The summed E-state index contributed by atoms with van der Waals surface area (Å²) in [6, 6.07) is 0.273. The van der Waals surface area contributed by atoms with Crippen LogP contribution >= 0.6 is 0 Å². The molecule has 0 saturated heterocycles. The topological polar surface area (TPSA) is 75.6 Å². The molecule has 98 valence electrons. The molecule has 0 aliphatic rings. The van der Waals surface area contributed by atoms with Crippen LogP contribution in [-0.4, -0.2) is 30.2 Å². The highest BCUT2D eigenvalue weighted by molar-refractivity contribution is 5.91. The van der Waals surface area contributed by atoms with E-state index < -0.39 is 35.2 Å². The van der Waals surface area contributed by atoms with Gasteiger partial charge in [-0.25, -0.2) is 13.6 Å². The van der Waals surface area contributed by atoms with Crippen molar-refractivity contribution >= 4 is 17.6 Å². The van der Waals surface area contributed by atoms with Crippen molar-refractivity contribution < 1.29 is 28.2 Å². The minimum atomic E-state index is -1.21. The molecule has 0 radical (unpaired) electrons. The number of aliphatic carboxylic acids is 1. The molecule has 0 spiro atoms. The Hall–Kier alpha value is -2.18. The summed E-state index contributed by atoms with van der Waals surface area (Å²) in [6.45, 7) is 1.28. The van der Waals surface area contributed by atoms with Crippen LogP contribution in [0, 0.1) is 11.6 Å². The highest BCUT2D eigenvalue weighted by Gasteiger charge is 2.19. The van der Waals surface area contributed by atoms with Crippen molar-refractivity contribution in [1.82, 2.24) is 0 Å². The molecule has 1 aromatic carbocycles. The predicted octanol–water partition coefficient (Wildman–Crippen LogP) is 1.64. The number of hydrogen-bond donors (Lipinski definition) is 2. The second kappa shape index (κ2) is 5.44. The Morgan fingerprint density at radius 3 is 2.44 bits per heavy atom. The van der Waals surface area contributed by atoms with Gasteiger partial charge in [-0.2, -0.15) is 0 Å². The van der Waals surface area contributed by atoms with E-state index >= 15 is 0 Å². The molecule has 0 saturated carbocycles. The maximum atomic E-state index is 13.4. The number of halogens is 2. The van der Waals surface area contributed by atoms with Crippen molar-refractivity contribution in [1.29, 1.82) is 0 Å². The van der Waals surface area contributed by atoms with Gasteiger partial charge in [0.25, 0.3) is 0 Å². The molecule has 0 aliphatic heterocycles. The molecule has 18 heavy (non-hydrogen) atoms. The van der Waals surface area contributed by atoms with Gasteiger partial charge in [-0.15, -0.1) is 0 Å².